The van der Waals surface area contributed by atoms with Crippen molar-refractivity contribution in [3.05, 3.63) is 59.7 Å². The minimum atomic E-state index is -0.172. The second-order valence-corrected chi connectivity index (χ2v) is 9.22. The summed E-state index contributed by atoms with van der Waals surface area (Å²) in [4.78, 5) is 28.9. The summed E-state index contributed by atoms with van der Waals surface area (Å²) in [5.74, 6) is 0.391. The summed E-state index contributed by atoms with van der Waals surface area (Å²) < 4.78 is 12.0. The van der Waals surface area contributed by atoms with E-state index in [1.807, 2.05) is 6.07 Å². The van der Waals surface area contributed by atoms with E-state index >= 15 is 0 Å². The van der Waals surface area contributed by atoms with Crippen LogP contribution >= 0.6 is 0 Å². The Balaban J connectivity index is 1.89. The van der Waals surface area contributed by atoms with Crippen molar-refractivity contribution in [2.75, 3.05) is 45.7 Å². The van der Waals surface area contributed by atoms with E-state index in [0.29, 0.717) is 30.2 Å². The van der Waals surface area contributed by atoms with Crippen LogP contribution in [0.15, 0.2) is 48.5 Å². The highest BCUT2D eigenvalue weighted by Gasteiger charge is 2.28. The van der Waals surface area contributed by atoms with Crippen molar-refractivity contribution in [1.29, 1.82) is 0 Å². The number of hydrogen-bond acceptors (Lipinski definition) is 5. The number of likely N-dealkylation sites (N-methyl/N-ethyl adjacent to an activating group) is 1. The third kappa shape index (κ3) is 6.81. The van der Waals surface area contributed by atoms with Gasteiger partial charge in [0.2, 0.25) is 5.91 Å². The lowest BCUT2D eigenvalue weighted by atomic mass is 10.0. The fourth-order valence-electron chi connectivity index (χ4n) is 4.36. The Morgan fingerprint density at radius 2 is 1.88 bits per heavy atom. The molecule has 0 unspecified atom stereocenters. The van der Waals surface area contributed by atoms with Gasteiger partial charge in [0.05, 0.1) is 11.7 Å². The maximum atomic E-state index is 13.3. The van der Waals surface area contributed by atoms with Crippen LogP contribution in [-0.2, 0) is 16.0 Å². The van der Waals surface area contributed by atoms with Crippen molar-refractivity contribution in [1.82, 2.24) is 9.80 Å². The summed E-state index contributed by atoms with van der Waals surface area (Å²) in [5.41, 5.74) is 2.38. The van der Waals surface area contributed by atoms with Crippen molar-refractivity contribution in [2.45, 2.75) is 39.3 Å². The lowest BCUT2D eigenvalue weighted by Gasteiger charge is -2.36. The number of rotatable bonds is 5. The zero-order valence-corrected chi connectivity index (χ0v) is 20.9. The molecule has 7 heteroatoms. The molecule has 1 aliphatic heterocycles. The van der Waals surface area contributed by atoms with E-state index in [1.165, 1.54) is 12.5 Å². The molecule has 184 valence electrons. The molecule has 0 radical (unpaired) electrons. The largest absolute Gasteiger partial charge is 0.491 e. The van der Waals surface area contributed by atoms with Gasteiger partial charge >= 0.3 is 0 Å². The molecular formula is C27H37N3O4. The average molecular weight is 468 g/mol. The van der Waals surface area contributed by atoms with Crippen molar-refractivity contribution in [3.63, 3.8) is 0 Å². The number of amides is 2. The molecule has 0 bridgehead atoms. The molecule has 0 fully saturated rings. The lowest BCUT2D eigenvalue weighted by Crippen LogP contribution is -2.47. The van der Waals surface area contributed by atoms with Gasteiger partial charge < -0.3 is 19.7 Å². The fourth-order valence-corrected chi connectivity index (χ4v) is 4.36. The lowest BCUT2D eigenvalue weighted by molar-refractivity contribution is -0.114. The normalized spacial score (nSPS) is 22.2. The molecule has 34 heavy (non-hydrogen) atoms. The standard InChI is InChI=1S/C27H37N3O4/c1-19-16-30(14-13-22-9-7-6-8-10-22)20(2)18-34-25-15-23(28-21(3)31)11-12-24(25)27(32)29(4)17-26(19)33-5/h6-12,15,19-20,26H,13-14,16-18H2,1-5H3,(H,28,31)/t19-,20-,26-/m1/s1. The van der Waals surface area contributed by atoms with Crippen molar-refractivity contribution in [3.8, 4) is 5.75 Å². The Morgan fingerprint density at radius 3 is 2.56 bits per heavy atom. The smallest absolute Gasteiger partial charge is 0.257 e. The molecule has 1 N–H and O–H groups in total. The molecule has 3 rings (SSSR count). The molecule has 0 spiro atoms. The molecule has 7 nitrogen and oxygen atoms in total. The molecule has 0 saturated carbocycles. The maximum Gasteiger partial charge on any atom is 0.257 e. The molecule has 2 amide bonds. The molecule has 2 aromatic carbocycles. The molecule has 1 heterocycles. The van der Waals surface area contributed by atoms with Crippen LogP contribution in [0.1, 0.15) is 36.7 Å². The number of methoxy groups -OCH3 is 1. The van der Waals surface area contributed by atoms with Crippen molar-refractivity contribution in [2.24, 2.45) is 5.92 Å². The zero-order valence-electron chi connectivity index (χ0n) is 20.9. The molecule has 0 saturated heterocycles. The van der Waals surface area contributed by atoms with Gasteiger partial charge in [-0.15, -0.1) is 0 Å². The molecule has 0 aromatic heterocycles. The van der Waals surface area contributed by atoms with Crippen LogP contribution in [-0.4, -0.2) is 74.2 Å². The number of nitrogens with one attached hydrogen (secondary N) is 1. The number of fused-ring (bicyclic) bond motifs is 1. The first-order valence-corrected chi connectivity index (χ1v) is 11.9. The van der Waals surface area contributed by atoms with Crippen molar-refractivity contribution < 1.29 is 19.1 Å². The number of nitrogens with zero attached hydrogens (tertiary/aromatic N) is 2. The number of hydrogen-bond donors (Lipinski definition) is 1. The first-order valence-electron chi connectivity index (χ1n) is 11.9. The van der Waals surface area contributed by atoms with Gasteiger partial charge in [-0.05, 0) is 37.0 Å². The monoisotopic (exact) mass is 467 g/mol. The summed E-state index contributed by atoms with van der Waals surface area (Å²) >= 11 is 0. The summed E-state index contributed by atoms with van der Waals surface area (Å²) in [6.07, 6.45) is 0.847. The SMILES string of the molecule is CO[C@@H]1CN(C)C(=O)c2ccc(NC(C)=O)cc2OC[C@@H](C)N(CCc2ccccc2)C[C@H]1C. The quantitative estimate of drug-likeness (QED) is 0.726. The van der Waals surface area contributed by atoms with Crippen LogP contribution in [0, 0.1) is 5.92 Å². The molecule has 3 atom stereocenters. The van der Waals surface area contributed by atoms with Gasteiger partial charge in [0.15, 0.2) is 0 Å². The topological polar surface area (TPSA) is 71.1 Å². The van der Waals surface area contributed by atoms with E-state index in [2.05, 4.69) is 48.3 Å². The van der Waals surface area contributed by atoms with Crippen LogP contribution in [0.4, 0.5) is 5.69 Å². The van der Waals surface area contributed by atoms with Gasteiger partial charge in [-0.2, -0.15) is 0 Å². The number of ether oxygens (including phenoxy) is 2. The molecule has 2 aromatic rings. The predicted molar refractivity (Wildman–Crippen MR) is 134 cm³/mol. The van der Waals surface area contributed by atoms with Gasteiger partial charge in [0.25, 0.3) is 5.91 Å². The highest BCUT2D eigenvalue weighted by atomic mass is 16.5. The Bertz CT molecular complexity index is 966. The van der Waals surface area contributed by atoms with E-state index in [1.54, 1.807) is 37.3 Å². The number of carbonyl (C=O) groups is 2. The number of anilines is 1. The van der Waals surface area contributed by atoms with E-state index in [-0.39, 0.29) is 29.9 Å². The Hall–Kier alpha value is -2.90. The van der Waals surface area contributed by atoms with Gasteiger partial charge in [0.1, 0.15) is 12.4 Å². The van der Waals surface area contributed by atoms with Crippen LogP contribution in [0.2, 0.25) is 0 Å². The highest BCUT2D eigenvalue weighted by molar-refractivity contribution is 5.98. The summed E-state index contributed by atoms with van der Waals surface area (Å²) in [6.45, 7) is 8.40. The van der Waals surface area contributed by atoms with E-state index in [4.69, 9.17) is 9.47 Å². The first-order chi connectivity index (χ1) is 16.3. The van der Waals surface area contributed by atoms with Crippen molar-refractivity contribution >= 4 is 17.5 Å². The number of benzene rings is 2. The average Bonchev–Trinajstić information content (AvgIpc) is 2.82. The minimum Gasteiger partial charge on any atom is -0.491 e. The van der Waals surface area contributed by atoms with E-state index in [9.17, 15) is 9.59 Å². The third-order valence-corrected chi connectivity index (χ3v) is 6.43. The Kier molecular flexibility index (Phi) is 9.07. The summed E-state index contributed by atoms with van der Waals surface area (Å²) in [5, 5.41) is 2.77. The zero-order chi connectivity index (χ0) is 24.7. The number of carbonyl (C=O) groups excluding carboxylic acids is 2. The second kappa shape index (κ2) is 12.0. The van der Waals surface area contributed by atoms with Crippen LogP contribution in [0.5, 0.6) is 5.75 Å². The second-order valence-electron chi connectivity index (χ2n) is 9.22. The van der Waals surface area contributed by atoms with Gasteiger partial charge in [-0.3, -0.25) is 14.5 Å². The maximum absolute atomic E-state index is 13.3. The molecule has 1 aliphatic rings. The summed E-state index contributed by atoms with van der Waals surface area (Å²) in [7, 11) is 3.49. The van der Waals surface area contributed by atoms with E-state index < -0.39 is 0 Å². The highest BCUT2D eigenvalue weighted by Crippen LogP contribution is 2.27. The van der Waals surface area contributed by atoms with Crippen LogP contribution < -0.4 is 10.1 Å². The van der Waals surface area contributed by atoms with E-state index in [0.717, 1.165) is 19.5 Å². The van der Waals surface area contributed by atoms with Crippen LogP contribution in [0.25, 0.3) is 0 Å². The molecular weight excluding hydrogens is 430 g/mol. The Labute approximate surface area is 203 Å². The predicted octanol–water partition coefficient (Wildman–Crippen LogP) is 3.69. The van der Waals surface area contributed by atoms with Gasteiger partial charge in [-0.1, -0.05) is 37.3 Å². The van der Waals surface area contributed by atoms with Crippen LogP contribution in [0.3, 0.4) is 0 Å². The first kappa shape index (κ1) is 25.7. The van der Waals surface area contributed by atoms with Gasteiger partial charge in [-0.25, -0.2) is 0 Å². The minimum absolute atomic E-state index is 0.0946. The van der Waals surface area contributed by atoms with Gasteiger partial charge in [0, 0.05) is 58.5 Å². The fraction of sp³-hybridized carbons (Fsp3) is 0.481. The third-order valence-electron chi connectivity index (χ3n) is 6.43. The summed E-state index contributed by atoms with van der Waals surface area (Å²) in [6, 6.07) is 15.8. The Morgan fingerprint density at radius 1 is 1.15 bits per heavy atom. The molecule has 0 aliphatic carbocycles.